The number of fused-ring (bicyclic) bond motifs is 1. The molecule has 0 amide bonds. The van der Waals surface area contributed by atoms with Crippen LogP contribution >= 0.6 is 35.6 Å². The van der Waals surface area contributed by atoms with Gasteiger partial charge in [-0.15, -0.1) is 34.2 Å². The van der Waals surface area contributed by atoms with Crippen molar-refractivity contribution in [3.05, 3.63) is 65.1 Å². The molecular formula is C19H24ClIN6. The number of rotatable bonds is 6. The molecule has 0 aliphatic carbocycles. The summed E-state index contributed by atoms with van der Waals surface area (Å²) in [5.41, 5.74) is 2.00. The van der Waals surface area contributed by atoms with Crippen molar-refractivity contribution in [1.82, 2.24) is 25.2 Å². The molecule has 0 saturated heterocycles. The van der Waals surface area contributed by atoms with Gasteiger partial charge in [-0.3, -0.25) is 9.39 Å². The molecule has 27 heavy (non-hydrogen) atoms. The van der Waals surface area contributed by atoms with Gasteiger partial charge in [0.05, 0.1) is 6.04 Å². The average Bonchev–Trinajstić information content (AvgIpc) is 3.07. The Bertz CT molecular complexity index is 895. The van der Waals surface area contributed by atoms with Gasteiger partial charge in [0.25, 0.3) is 0 Å². The number of aliphatic imine (C=N–C) groups is 1. The fraction of sp³-hybridized carbons (Fsp3) is 0.316. The van der Waals surface area contributed by atoms with Crippen molar-refractivity contribution in [2.75, 3.05) is 13.6 Å². The van der Waals surface area contributed by atoms with Gasteiger partial charge in [-0.2, -0.15) is 0 Å². The molecule has 2 heterocycles. The number of hydrogen-bond donors (Lipinski definition) is 2. The largest absolute Gasteiger partial charge is 0.356 e. The minimum atomic E-state index is 0. The maximum absolute atomic E-state index is 6.07. The van der Waals surface area contributed by atoms with E-state index in [1.165, 1.54) is 0 Å². The zero-order chi connectivity index (χ0) is 18.4. The quantitative estimate of drug-likeness (QED) is 0.234. The van der Waals surface area contributed by atoms with E-state index in [9.17, 15) is 0 Å². The summed E-state index contributed by atoms with van der Waals surface area (Å²) in [5.74, 6) is 1.74. The predicted octanol–water partition coefficient (Wildman–Crippen LogP) is 3.86. The van der Waals surface area contributed by atoms with Gasteiger partial charge < -0.3 is 10.6 Å². The Morgan fingerprint density at radius 3 is 2.85 bits per heavy atom. The molecule has 2 N–H and O–H groups in total. The maximum Gasteiger partial charge on any atom is 0.191 e. The average molecular weight is 499 g/mol. The molecule has 144 valence electrons. The number of nitrogens with zero attached hydrogens (tertiary/aromatic N) is 4. The summed E-state index contributed by atoms with van der Waals surface area (Å²) < 4.78 is 2.02. The smallest absolute Gasteiger partial charge is 0.191 e. The first kappa shape index (κ1) is 21.4. The zero-order valence-electron chi connectivity index (χ0n) is 15.4. The Morgan fingerprint density at radius 1 is 1.22 bits per heavy atom. The number of aromatic nitrogens is 3. The normalized spacial score (nSPS) is 12.5. The van der Waals surface area contributed by atoms with Crippen LogP contribution in [0.1, 0.15) is 30.8 Å². The Kier molecular flexibility index (Phi) is 8.30. The second-order valence-corrected chi connectivity index (χ2v) is 6.51. The van der Waals surface area contributed by atoms with Crippen LogP contribution in [0.25, 0.3) is 5.65 Å². The molecule has 0 saturated carbocycles. The monoisotopic (exact) mass is 498 g/mol. The van der Waals surface area contributed by atoms with E-state index in [-0.39, 0.29) is 30.0 Å². The third-order valence-electron chi connectivity index (χ3n) is 4.18. The van der Waals surface area contributed by atoms with Gasteiger partial charge in [0.1, 0.15) is 5.82 Å². The first-order valence-corrected chi connectivity index (χ1v) is 9.06. The molecule has 0 aliphatic rings. The second-order valence-electron chi connectivity index (χ2n) is 6.07. The molecule has 0 aliphatic heterocycles. The molecule has 0 bridgehead atoms. The SMILES string of the molecule is CN=C(NCCCc1nnc2ccccn12)NC(C)c1cccc(Cl)c1.I. The standard InChI is InChI=1S/C19H23ClN6.HI/c1-14(15-7-5-8-16(20)13-15)23-19(21-2)22-11-6-10-18-25-24-17-9-3-4-12-26(17)18;/h3-5,7-9,12-14H,6,10-11H2,1-2H3,(H2,21,22,23);1H. The molecule has 8 heteroatoms. The van der Waals surface area contributed by atoms with Gasteiger partial charge in [0.2, 0.25) is 0 Å². The Balaban J connectivity index is 0.00000261. The predicted molar refractivity (Wildman–Crippen MR) is 121 cm³/mol. The van der Waals surface area contributed by atoms with Crippen LogP contribution in [0.5, 0.6) is 0 Å². The first-order chi connectivity index (χ1) is 12.7. The topological polar surface area (TPSA) is 66.6 Å². The lowest BCUT2D eigenvalue weighted by molar-refractivity contribution is 0.667. The number of halogens is 2. The highest BCUT2D eigenvalue weighted by Crippen LogP contribution is 2.17. The zero-order valence-corrected chi connectivity index (χ0v) is 18.5. The fourth-order valence-electron chi connectivity index (χ4n) is 2.77. The van der Waals surface area contributed by atoms with Crippen LogP contribution in [-0.2, 0) is 6.42 Å². The van der Waals surface area contributed by atoms with Crippen molar-refractivity contribution < 1.29 is 0 Å². The minimum absolute atomic E-state index is 0. The van der Waals surface area contributed by atoms with Crippen LogP contribution in [-0.4, -0.2) is 34.2 Å². The molecule has 0 radical (unpaired) electrons. The number of pyridine rings is 1. The maximum atomic E-state index is 6.07. The first-order valence-electron chi connectivity index (χ1n) is 8.68. The summed E-state index contributed by atoms with van der Waals surface area (Å²) in [7, 11) is 1.77. The fourth-order valence-corrected chi connectivity index (χ4v) is 2.97. The summed E-state index contributed by atoms with van der Waals surface area (Å²) in [6, 6.07) is 13.9. The van der Waals surface area contributed by atoms with E-state index < -0.39 is 0 Å². The lowest BCUT2D eigenvalue weighted by atomic mass is 10.1. The van der Waals surface area contributed by atoms with Crippen LogP contribution in [0.3, 0.4) is 0 Å². The minimum Gasteiger partial charge on any atom is -0.356 e. The van der Waals surface area contributed by atoms with Gasteiger partial charge in [-0.1, -0.05) is 29.8 Å². The summed E-state index contributed by atoms with van der Waals surface area (Å²) >= 11 is 6.07. The third-order valence-corrected chi connectivity index (χ3v) is 4.41. The molecule has 1 aromatic carbocycles. The van der Waals surface area contributed by atoms with Crippen LogP contribution in [0.4, 0.5) is 0 Å². The molecular weight excluding hydrogens is 475 g/mol. The van der Waals surface area contributed by atoms with Crippen molar-refractivity contribution >= 4 is 47.2 Å². The number of nitrogens with one attached hydrogen (secondary N) is 2. The molecule has 3 rings (SSSR count). The highest BCUT2D eigenvalue weighted by atomic mass is 127. The summed E-state index contributed by atoms with van der Waals surface area (Å²) in [6.45, 7) is 2.88. The Morgan fingerprint density at radius 2 is 2.07 bits per heavy atom. The molecule has 0 spiro atoms. The van der Waals surface area contributed by atoms with Crippen LogP contribution in [0, 0.1) is 0 Å². The van der Waals surface area contributed by atoms with Crippen molar-refractivity contribution in [2.45, 2.75) is 25.8 Å². The number of benzene rings is 1. The van der Waals surface area contributed by atoms with Crippen molar-refractivity contribution in [2.24, 2.45) is 4.99 Å². The molecule has 3 aromatic rings. The van der Waals surface area contributed by atoms with E-state index in [0.29, 0.717) is 0 Å². The number of aryl methyl sites for hydroxylation is 1. The lowest BCUT2D eigenvalue weighted by Gasteiger charge is -2.18. The summed E-state index contributed by atoms with van der Waals surface area (Å²) in [4.78, 5) is 4.29. The van der Waals surface area contributed by atoms with Crippen molar-refractivity contribution in [3.8, 4) is 0 Å². The molecule has 1 atom stereocenters. The van der Waals surface area contributed by atoms with Crippen LogP contribution in [0.2, 0.25) is 5.02 Å². The molecule has 6 nitrogen and oxygen atoms in total. The van der Waals surface area contributed by atoms with Crippen LogP contribution in [0.15, 0.2) is 53.7 Å². The van der Waals surface area contributed by atoms with E-state index in [1.807, 2.05) is 53.1 Å². The van der Waals surface area contributed by atoms with E-state index in [4.69, 9.17) is 11.6 Å². The van der Waals surface area contributed by atoms with Gasteiger partial charge in [-0.05, 0) is 43.2 Å². The van der Waals surface area contributed by atoms with Crippen LogP contribution < -0.4 is 10.6 Å². The number of guanidine groups is 1. The van der Waals surface area contributed by atoms with Gasteiger partial charge >= 0.3 is 0 Å². The summed E-state index contributed by atoms with van der Waals surface area (Å²) in [5, 5.41) is 15.9. The lowest BCUT2D eigenvalue weighted by Crippen LogP contribution is -2.39. The Labute approximate surface area is 181 Å². The molecule has 0 fully saturated rings. The van der Waals surface area contributed by atoms with Crippen molar-refractivity contribution in [3.63, 3.8) is 0 Å². The van der Waals surface area contributed by atoms with E-state index in [1.54, 1.807) is 7.05 Å². The third kappa shape index (κ3) is 5.80. The highest BCUT2D eigenvalue weighted by Gasteiger charge is 2.08. The molecule has 1 unspecified atom stereocenters. The second kappa shape index (κ2) is 10.5. The summed E-state index contributed by atoms with van der Waals surface area (Å²) in [6.07, 6.45) is 3.77. The number of hydrogen-bond acceptors (Lipinski definition) is 3. The Hall–Kier alpha value is -1.87. The van der Waals surface area contributed by atoms with Crippen molar-refractivity contribution in [1.29, 1.82) is 0 Å². The van der Waals surface area contributed by atoms with E-state index in [0.717, 1.165) is 47.4 Å². The molecule has 2 aromatic heterocycles. The van der Waals surface area contributed by atoms with Gasteiger partial charge in [0.15, 0.2) is 11.6 Å². The van der Waals surface area contributed by atoms with E-state index >= 15 is 0 Å². The van der Waals surface area contributed by atoms with E-state index in [2.05, 4.69) is 32.7 Å². The highest BCUT2D eigenvalue weighted by molar-refractivity contribution is 14.0. The van der Waals surface area contributed by atoms with Gasteiger partial charge in [-0.25, -0.2) is 0 Å². The van der Waals surface area contributed by atoms with Gasteiger partial charge in [0, 0.05) is 31.2 Å².